The van der Waals surface area contributed by atoms with E-state index in [1.54, 1.807) is 0 Å². The Balaban J connectivity index is 2.08. The number of carbonyl (C=O) groups is 1. The third-order valence-corrected chi connectivity index (χ3v) is 4.08. The van der Waals surface area contributed by atoms with Crippen molar-refractivity contribution in [2.24, 2.45) is 0 Å². The summed E-state index contributed by atoms with van der Waals surface area (Å²) in [4.78, 5) is 12.2. The van der Waals surface area contributed by atoms with Crippen molar-refractivity contribution in [2.45, 2.75) is 19.4 Å². The lowest BCUT2D eigenvalue weighted by Crippen LogP contribution is -2.31. The minimum Gasteiger partial charge on any atom is -0.381 e. The molecule has 0 radical (unpaired) electrons. The fraction of sp³-hybridized carbons (Fsp3) is 0.316. The highest BCUT2D eigenvalue weighted by Crippen LogP contribution is 2.19. The van der Waals surface area contributed by atoms with Gasteiger partial charge in [-0.3, -0.25) is 4.79 Å². The van der Waals surface area contributed by atoms with E-state index < -0.39 is 29.1 Å². The van der Waals surface area contributed by atoms with E-state index in [1.165, 1.54) is 6.07 Å². The average Bonchev–Trinajstić information content (AvgIpc) is 2.60. The zero-order chi connectivity index (χ0) is 18.2. The Hall–Kier alpha value is -1.98. The molecule has 0 spiro atoms. The lowest BCUT2D eigenvalue weighted by atomic mass is 10.0. The molecule has 0 aliphatic heterocycles. The first-order chi connectivity index (χ1) is 12.1. The smallest absolute Gasteiger partial charge is 0.257 e. The number of benzene rings is 2. The van der Waals surface area contributed by atoms with Crippen LogP contribution in [0.4, 0.5) is 8.78 Å². The Bertz CT molecular complexity index is 687. The van der Waals surface area contributed by atoms with Crippen molar-refractivity contribution in [1.82, 2.24) is 5.32 Å². The summed E-state index contributed by atoms with van der Waals surface area (Å²) in [5.74, 6) is -2.56. The molecule has 1 unspecified atom stereocenters. The van der Waals surface area contributed by atoms with Crippen molar-refractivity contribution in [3.63, 3.8) is 0 Å². The summed E-state index contributed by atoms with van der Waals surface area (Å²) in [5.41, 5.74) is 1.25. The van der Waals surface area contributed by atoms with Crippen molar-refractivity contribution in [3.8, 4) is 0 Å². The summed E-state index contributed by atoms with van der Waals surface area (Å²) in [5, 5.41) is 2.58. The zero-order valence-electron chi connectivity index (χ0n) is 13.9. The number of hydrogen-bond acceptors (Lipinski definition) is 2. The Morgan fingerprint density at radius 1 is 1.16 bits per heavy atom. The van der Waals surface area contributed by atoms with Gasteiger partial charge >= 0.3 is 0 Å². The van der Waals surface area contributed by atoms with E-state index in [0.29, 0.717) is 13.2 Å². The first-order valence-electron chi connectivity index (χ1n) is 8.04. The van der Waals surface area contributed by atoms with Crippen LogP contribution in [0.15, 0.2) is 42.5 Å². The number of alkyl halides is 1. The monoisotopic (exact) mass is 367 g/mol. The Morgan fingerprint density at radius 2 is 1.80 bits per heavy atom. The van der Waals surface area contributed by atoms with Gasteiger partial charge in [0.25, 0.3) is 5.91 Å². The van der Waals surface area contributed by atoms with Gasteiger partial charge in [-0.15, -0.1) is 11.6 Å². The quantitative estimate of drug-likeness (QED) is 0.559. The number of halogens is 3. The van der Waals surface area contributed by atoms with Crippen molar-refractivity contribution in [2.75, 3.05) is 19.1 Å². The van der Waals surface area contributed by atoms with Crippen LogP contribution in [0.5, 0.6) is 0 Å². The summed E-state index contributed by atoms with van der Waals surface area (Å²) in [6, 6.07) is 10.3. The minimum absolute atomic E-state index is 0.0834. The Labute approximate surface area is 151 Å². The molecular weight excluding hydrogens is 348 g/mol. The van der Waals surface area contributed by atoms with E-state index in [-0.39, 0.29) is 5.88 Å². The van der Waals surface area contributed by atoms with Gasteiger partial charge in [0.15, 0.2) is 0 Å². The molecule has 0 aromatic heterocycles. The van der Waals surface area contributed by atoms with Gasteiger partial charge < -0.3 is 10.1 Å². The van der Waals surface area contributed by atoms with Crippen LogP contribution in [-0.2, 0) is 11.2 Å². The van der Waals surface area contributed by atoms with E-state index in [9.17, 15) is 13.6 Å². The minimum atomic E-state index is -0.905. The van der Waals surface area contributed by atoms with E-state index >= 15 is 0 Å². The van der Waals surface area contributed by atoms with Gasteiger partial charge in [-0.05, 0) is 36.6 Å². The third-order valence-electron chi connectivity index (χ3n) is 3.77. The number of hydrogen-bond donors (Lipinski definition) is 1. The molecule has 1 N–H and O–H groups in total. The van der Waals surface area contributed by atoms with Crippen LogP contribution in [0.25, 0.3) is 0 Å². The molecule has 1 amide bonds. The van der Waals surface area contributed by atoms with E-state index in [2.05, 4.69) is 5.32 Å². The molecular formula is C19H20ClF2NO2. The topological polar surface area (TPSA) is 38.3 Å². The molecule has 2 aromatic rings. The maximum Gasteiger partial charge on any atom is 0.257 e. The number of ether oxygens (including phenoxy) is 1. The number of amides is 1. The third kappa shape index (κ3) is 5.25. The van der Waals surface area contributed by atoms with E-state index in [1.807, 2.05) is 31.2 Å². The predicted molar refractivity (Wildman–Crippen MR) is 93.9 cm³/mol. The predicted octanol–water partition coefficient (Wildman–Crippen LogP) is 4.25. The number of carbonyl (C=O) groups excluding carboxylic acids is 1. The van der Waals surface area contributed by atoms with Crippen molar-refractivity contribution in [1.29, 1.82) is 0 Å². The standard InChI is InChI=1S/C19H20ClF2NO2/c1-2-25-11-10-13-6-8-14(9-7-13)17(12-20)23-19(24)18-15(21)4-3-5-16(18)22/h3-9,17H,2,10-12H2,1H3,(H,23,24). The number of nitrogens with one attached hydrogen (secondary N) is 1. The molecule has 0 heterocycles. The van der Waals surface area contributed by atoms with E-state index in [0.717, 1.165) is 29.7 Å². The Kier molecular flexibility index (Phi) is 7.34. The average molecular weight is 368 g/mol. The zero-order valence-corrected chi connectivity index (χ0v) is 14.7. The summed E-state index contributed by atoms with van der Waals surface area (Å²) in [6.07, 6.45) is 0.784. The maximum absolute atomic E-state index is 13.7. The highest BCUT2D eigenvalue weighted by Gasteiger charge is 2.20. The molecule has 0 saturated carbocycles. The molecule has 2 rings (SSSR count). The molecule has 0 saturated heterocycles. The first kappa shape index (κ1) is 19.3. The van der Waals surface area contributed by atoms with Crippen molar-refractivity contribution < 1.29 is 18.3 Å². The second-order valence-electron chi connectivity index (χ2n) is 5.47. The second kappa shape index (κ2) is 9.49. The lowest BCUT2D eigenvalue weighted by molar-refractivity contribution is 0.0932. The fourth-order valence-electron chi connectivity index (χ4n) is 2.41. The highest BCUT2D eigenvalue weighted by molar-refractivity contribution is 6.18. The van der Waals surface area contributed by atoms with Crippen LogP contribution in [0.2, 0.25) is 0 Å². The second-order valence-corrected chi connectivity index (χ2v) is 5.77. The Morgan fingerprint density at radius 3 is 2.36 bits per heavy atom. The molecule has 25 heavy (non-hydrogen) atoms. The van der Waals surface area contributed by atoms with Crippen LogP contribution >= 0.6 is 11.6 Å². The van der Waals surface area contributed by atoms with Crippen molar-refractivity contribution >= 4 is 17.5 Å². The van der Waals surface area contributed by atoms with Crippen LogP contribution in [-0.4, -0.2) is 25.0 Å². The normalized spacial score (nSPS) is 12.0. The van der Waals surface area contributed by atoms with Crippen LogP contribution < -0.4 is 5.32 Å². The van der Waals surface area contributed by atoms with Crippen LogP contribution in [0.1, 0.15) is 34.5 Å². The largest absolute Gasteiger partial charge is 0.381 e. The maximum atomic E-state index is 13.7. The van der Waals surface area contributed by atoms with Gasteiger partial charge in [0, 0.05) is 12.5 Å². The van der Waals surface area contributed by atoms with Gasteiger partial charge in [0.05, 0.1) is 12.6 Å². The molecule has 6 heteroatoms. The van der Waals surface area contributed by atoms with E-state index in [4.69, 9.17) is 16.3 Å². The molecule has 0 aliphatic carbocycles. The highest BCUT2D eigenvalue weighted by atomic mass is 35.5. The summed E-state index contributed by atoms with van der Waals surface area (Å²) in [7, 11) is 0. The molecule has 2 aromatic carbocycles. The lowest BCUT2D eigenvalue weighted by Gasteiger charge is -2.17. The van der Waals surface area contributed by atoms with Gasteiger partial charge in [-0.2, -0.15) is 0 Å². The summed E-state index contributed by atoms with van der Waals surface area (Å²) >= 11 is 5.93. The number of rotatable bonds is 8. The molecule has 0 aliphatic rings. The summed E-state index contributed by atoms with van der Waals surface area (Å²) in [6.45, 7) is 3.25. The molecule has 134 valence electrons. The van der Waals surface area contributed by atoms with Crippen LogP contribution in [0.3, 0.4) is 0 Å². The first-order valence-corrected chi connectivity index (χ1v) is 8.57. The van der Waals surface area contributed by atoms with Gasteiger partial charge in [-0.1, -0.05) is 30.3 Å². The summed E-state index contributed by atoms with van der Waals surface area (Å²) < 4.78 is 32.7. The van der Waals surface area contributed by atoms with Gasteiger partial charge in [-0.25, -0.2) is 8.78 Å². The molecule has 1 atom stereocenters. The van der Waals surface area contributed by atoms with Crippen LogP contribution in [0, 0.1) is 11.6 Å². The van der Waals surface area contributed by atoms with Crippen molar-refractivity contribution in [3.05, 3.63) is 70.8 Å². The molecule has 3 nitrogen and oxygen atoms in total. The fourth-order valence-corrected chi connectivity index (χ4v) is 2.66. The molecule has 0 fully saturated rings. The van der Waals surface area contributed by atoms with Gasteiger partial charge in [0.2, 0.25) is 0 Å². The SMILES string of the molecule is CCOCCc1ccc(C(CCl)NC(=O)c2c(F)cccc2F)cc1. The van der Waals surface area contributed by atoms with Gasteiger partial charge in [0.1, 0.15) is 17.2 Å². The molecule has 0 bridgehead atoms.